The Labute approximate surface area is 118 Å². The summed E-state index contributed by atoms with van der Waals surface area (Å²) in [7, 11) is -2.63. The molecule has 0 bridgehead atoms. The number of nitrogens with zero attached hydrogens (tertiary/aromatic N) is 1. The molecule has 1 saturated carbocycles. The van der Waals surface area contributed by atoms with Gasteiger partial charge in [-0.25, -0.2) is 13.4 Å². The molecule has 6 nitrogen and oxygen atoms in total. The largest absolute Gasteiger partial charge is 0.492 e. The number of carbonyl (C=O) groups is 1. The molecule has 1 aromatic heterocycles. The van der Waals surface area contributed by atoms with E-state index in [2.05, 4.69) is 9.72 Å². The highest BCUT2D eigenvalue weighted by atomic mass is 32.2. The van der Waals surface area contributed by atoms with Crippen LogP contribution in [0.1, 0.15) is 26.2 Å². The molecule has 0 aliphatic heterocycles. The monoisotopic (exact) mass is 299 g/mol. The van der Waals surface area contributed by atoms with Gasteiger partial charge in [0.05, 0.1) is 19.9 Å². The Morgan fingerprint density at radius 2 is 2.10 bits per heavy atom. The number of rotatable bonds is 6. The predicted molar refractivity (Wildman–Crippen MR) is 71.2 cm³/mol. The lowest BCUT2D eigenvalue weighted by atomic mass is 10.4. The van der Waals surface area contributed by atoms with E-state index in [1.54, 1.807) is 6.07 Å². The summed E-state index contributed by atoms with van der Waals surface area (Å²) in [4.78, 5) is 15.6. The molecule has 0 saturated heterocycles. The molecule has 0 aromatic carbocycles. The average Bonchev–Trinajstić information content (AvgIpc) is 3.26. The fraction of sp³-hybridized carbons (Fsp3) is 0.538. The minimum absolute atomic E-state index is 0.121. The number of sulfone groups is 1. The average molecular weight is 299 g/mol. The number of esters is 1. The zero-order valence-electron chi connectivity index (χ0n) is 11.5. The molecule has 0 atom stereocenters. The molecule has 0 spiro atoms. The summed E-state index contributed by atoms with van der Waals surface area (Å²) >= 11 is 0. The molecule has 1 heterocycles. The van der Waals surface area contributed by atoms with Crippen molar-refractivity contribution in [2.24, 2.45) is 0 Å². The Bertz CT molecular complexity index is 590. The minimum Gasteiger partial charge on any atom is -0.492 e. The Kier molecular flexibility index (Phi) is 3.99. The quantitative estimate of drug-likeness (QED) is 0.737. The Hall–Kier alpha value is -1.63. The van der Waals surface area contributed by atoms with E-state index < -0.39 is 20.6 Å². The van der Waals surface area contributed by atoms with Crippen molar-refractivity contribution in [3.63, 3.8) is 0 Å². The summed E-state index contributed by atoms with van der Waals surface area (Å²) in [6.07, 6.45) is 2.76. The number of hydrogen-bond donors (Lipinski definition) is 0. The van der Waals surface area contributed by atoms with Crippen LogP contribution in [0.15, 0.2) is 23.4 Å². The van der Waals surface area contributed by atoms with Crippen LogP contribution in [0.5, 0.6) is 5.75 Å². The van der Waals surface area contributed by atoms with Gasteiger partial charge >= 0.3 is 5.97 Å². The van der Waals surface area contributed by atoms with E-state index in [1.807, 2.05) is 6.92 Å². The van der Waals surface area contributed by atoms with Gasteiger partial charge in [-0.15, -0.1) is 0 Å². The van der Waals surface area contributed by atoms with E-state index in [0.717, 1.165) is 6.42 Å². The van der Waals surface area contributed by atoms with Gasteiger partial charge in [-0.05, 0) is 31.4 Å². The summed E-state index contributed by atoms with van der Waals surface area (Å²) in [6, 6.07) is 2.91. The fourth-order valence-electron chi connectivity index (χ4n) is 1.91. The molecule has 0 radical (unpaired) electrons. The Balaban J connectivity index is 2.25. The van der Waals surface area contributed by atoms with E-state index >= 15 is 0 Å². The second-order valence-corrected chi connectivity index (χ2v) is 6.88. The number of ether oxygens (including phenoxy) is 2. The lowest BCUT2D eigenvalue weighted by Gasteiger charge is -2.13. The third-order valence-electron chi connectivity index (χ3n) is 3.23. The first-order valence-electron chi connectivity index (χ1n) is 6.40. The van der Waals surface area contributed by atoms with Crippen LogP contribution in [0.3, 0.4) is 0 Å². The molecule has 2 rings (SSSR count). The van der Waals surface area contributed by atoms with Crippen LogP contribution in [-0.2, 0) is 19.4 Å². The van der Waals surface area contributed by atoms with Gasteiger partial charge in [0, 0.05) is 0 Å². The molecule has 1 aromatic rings. The molecule has 1 aliphatic rings. The second-order valence-electron chi connectivity index (χ2n) is 4.67. The predicted octanol–water partition coefficient (Wildman–Crippen LogP) is 1.35. The Morgan fingerprint density at radius 1 is 1.40 bits per heavy atom. The summed E-state index contributed by atoms with van der Waals surface area (Å²) in [5, 5.41) is -0.121. The van der Waals surface area contributed by atoms with Crippen molar-refractivity contribution in [2.75, 3.05) is 13.7 Å². The zero-order chi connectivity index (χ0) is 14.8. The van der Waals surface area contributed by atoms with Crippen LogP contribution in [0.4, 0.5) is 0 Å². The van der Waals surface area contributed by atoms with E-state index in [0.29, 0.717) is 12.4 Å². The number of pyridine rings is 1. The van der Waals surface area contributed by atoms with Gasteiger partial charge in [-0.2, -0.15) is 0 Å². The van der Waals surface area contributed by atoms with Crippen LogP contribution >= 0.6 is 0 Å². The molecule has 0 amide bonds. The summed E-state index contributed by atoms with van der Waals surface area (Å²) < 4.78 is 33.4. The van der Waals surface area contributed by atoms with E-state index in [1.165, 1.54) is 19.4 Å². The fourth-order valence-corrected chi connectivity index (χ4v) is 3.69. The van der Waals surface area contributed by atoms with Crippen molar-refractivity contribution >= 4 is 15.8 Å². The summed E-state index contributed by atoms with van der Waals surface area (Å²) in [5.74, 6) is -0.209. The smallest absolute Gasteiger partial charge is 0.327 e. The van der Waals surface area contributed by atoms with Gasteiger partial charge < -0.3 is 9.47 Å². The standard InChI is InChI=1S/C13H17NO5S/c1-3-8-19-10-4-5-11(14-9-10)20(16,17)13(6-7-13)12(15)18-2/h4-5,9H,3,6-8H2,1-2H3. The maximum Gasteiger partial charge on any atom is 0.327 e. The lowest BCUT2D eigenvalue weighted by molar-refractivity contribution is -0.140. The molecule has 1 aliphatic carbocycles. The summed E-state index contributed by atoms with van der Waals surface area (Å²) in [6.45, 7) is 2.51. The van der Waals surface area contributed by atoms with Crippen LogP contribution in [0, 0.1) is 0 Å². The molecule has 0 unspecified atom stereocenters. The first-order chi connectivity index (χ1) is 9.48. The molecule has 1 fully saturated rings. The van der Waals surface area contributed by atoms with Crippen LogP contribution in [-0.4, -0.2) is 37.8 Å². The molecule has 110 valence electrons. The van der Waals surface area contributed by atoms with Crippen molar-refractivity contribution in [2.45, 2.75) is 36.0 Å². The topological polar surface area (TPSA) is 82.6 Å². The highest BCUT2D eigenvalue weighted by Gasteiger charge is 2.63. The Morgan fingerprint density at radius 3 is 2.55 bits per heavy atom. The van der Waals surface area contributed by atoms with Gasteiger partial charge in [0.15, 0.2) is 9.77 Å². The van der Waals surface area contributed by atoms with Gasteiger partial charge in [-0.1, -0.05) is 6.92 Å². The van der Waals surface area contributed by atoms with Gasteiger partial charge in [0.1, 0.15) is 5.75 Å². The summed E-state index contributed by atoms with van der Waals surface area (Å²) in [5.41, 5.74) is 0. The third kappa shape index (κ3) is 2.37. The van der Waals surface area contributed by atoms with Gasteiger partial charge in [-0.3, -0.25) is 4.79 Å². The van der Waals surface area contributed by atoms with E-state index in [4.69, 9.17) is 4.74 Å². The van der Waals surface area contributed by atoms with Crippen LogP contribution < -0.4 is 4.74 Å². The highest BCUT2D eigenvalue weighted by Crippen LogP contribution is 2.47. The lowest BCUT2D eigenvalue weighted by Crippen LogP contribution is -2.34. The van der Waals surface area contributed by atoms with Crippen molar-refractivity contribution < 1.29 is 22.7 Å². The van der Waals surface area contributed by atoms with Gasteiger partial charge in [0.2, 0.25) is 9.84 Å². The van der Waals surface area contributed by atoms with Crippen LogP contribution in [0.2, 0.25) is 0 Å². The van der Waals surface area contributed by atoms with Crippen molar-refractivity contribution in [1.29, 1.82) is 0 Å². The second kappa shape index (κ2) is 5.40. The van der Waals surface area contributed by atoms with Crippen molar-refractivity contribution in [3.05, 3.63) is 18.3 Å². The maximum atomic E-state index is 12.4. The van der Waals surface area contributed by atoms with Crippen molar-refractivity contribution in [1.82, 2.24) is 4.98 Å². The molecular weight excluding hydrogens is 282 g/mol. The zero-order valence-corrected chi connectivity index (χ0v) is 12.3. The first kappa shape index (κ1) is 14.8. The third-order valence-corrected chi connectivity index (χ3v) is 5.63. The SMILES string of the molecule is CCCOc1ccc(S(=O)(=O)C2(C(=O)OC)CC2)nc1. The maximum absolute atomic E-state index is 12.4. The number of aromatic nitrogens is 1. The molecule has 0 N–H and O–H groups in total. The molecule has 20 heavy (non-hydrogen) atoms. The van der Waals surface area contributed by atoms with Gasteiger partial charge in [0.25, 0.3) is 0 Å². The number of methoxy groups -OCH3 is 1. The number of hydrogen-bond acceptors (Lipinski definition) is 6. The van der Waals surface area contributed by atoms with E-state index in [9.17, 15) is 13.2 Å². The highest BCUT2D eigenvalue weighted by molar-refractivity contribution is 7.93. The molecule has 7 heteroatoms. The first-order valence-corrected chi connectivity index (χ1v) is 7.88. The minimum atomic E-state index is -3.82. The van der Waals surface area contributed by atoms with Crippen molar-refractivity contribution in [3.8, 4) is 5.75 Å². The van der Waals surface area contributed by atoms with E-state index in [-0.39, 0.29) is 17.9 Å². The molecular formula is C13H17NO5S. The number of carbonyl (C=O) groups excluding carboxylic acids is 1. The van der Waals surface area contributed by atoms with Crippen LogP contribution in [0.25, 0.3) is 0 Å². The normalized spacial score (nSPS) is 16.5.